The first kappa shape index (κ1) is 18.9. The molecule has 0 unspecified atom stereocenters. The fraction of sp³-hybridized carbons (Fsp3) is 0.333. The second kappa shape index (κ2) is 8.31. The molecule has 0 spiro atoms. The summed E-state index contributed by atoms with van der Waals surface area (Å²) in [6.07, 6.45) is 1.75. The highest BCUT2D eigenvalue weighted by Crippen LogP contribution is 2.23. The van der Waals surface area contributed by atoms with Gasteiger partial charge in [0.15, 0.2) is 0 Å². The summed E-state index contributed by atoms with van der Waals surface area (Å²) in [4.78, 5) is 19.4. The van der Waals surface area contributed by atoms with Gasteiger partial charge in [0.25, 0.3) is 5.91 Å². The number of halogens is 1. The van der Waals surface area contributed by atoms with Crippen molar-refractivity contribution in [3.63, 3.8) is 0 Å². The topological polar surface area (TPSA) is 59.4 Å². The minimum absolute atomic E-state index is 0.0729. The SMILES string of the molecule is Cn1cnc2cc(C(=O)NC[C@@H](c3ccc(Cl)cc3)N3CCOCC3)ccc21. The van der Waals surface area contributed by atoms with Crippen molar-refractivity contribution in [2.24, 2.45) is 7.05 Å². The maximum atomic E-state index is 12.8. The lowest BCUT2D eigenvalue weighted by Gasteiger charge is -2.35. The van der Waals surface area contributed by atoms with Crippen LogP contribution < -0.4 is 5.32 Å². The van der Waals surface area contributed by atoms with Gasteiger partial charge in [-0.25, -0.2) is 4.98 Å². The van der Waals surface area contributed by atoms with Gasteiger partial charge in [0.2, 0.25) is 0 Å². The Bertz CT molecular complexity index is 964. The Morgan fingerprint density at radius 3 is 2.71 bits per heavy atom. The molecule has 0 saturated carbocycles. The van der Waals surface area contributed by atoms with Crippen molar-refractivity contribution >= 4 is 28.5 Å². The standard InChI is InChI=1S/C21H23ClN4O2/c1-25-14-24-18-12-16(4-7-19(18)25)21(27)23-13-20(26-8-10-28-11-9-26)15-2-5-17(22)6-3-15/h2-7,12,14,20H,8-11,13H2,1H3,(H,23,27)/t20-/m0/s1. The van der Waals surface area contributed by atoms with Crippen LogP contribution in [0.2, 0.25) is 5.02 Å². The van der Waals surface area contributed by atoms with Gasteiger partial charge in [-0.2, -0.15) is 0 Å². The fourth-order valence-electron chi connectivity index (χ4n) is 3.60. The average molecular weight is 399 g/mol. The van der Waals surface area contributed by atoms with Crippen molar-refractivity contribution in [1.29, 1.82) is 0 Å². The van der Waals surface area contributed by atoms with E-state index in [2.05, 4.69) is 15.2 Å². The van der Waals surface area contributed by atoms with Crippen LogP contribution in [0.5, 0.6) is 0 Å². The number of amides is 1. The number of fused-ring (bicyclic) bond motifs is 1. The van der Waals surface area contributed by atoms with Crippen LogP contribution in [0.1, 0.15) is 22.0 Å². The second-order valence-electron chi connectivity index (χ2n) is 6.98. The summed E-state index contributed by atoms with van der Waals surface area (Å²) < 4.78 is 7.42. The van der Waals surface area contributed by atoms with E-state index in [9.17, 15) is 4.79 Å². The third-order valence-electron chi connectivity index (χ3n) is 5.18. The molecule has 1 atom stereocenters. The lowest BCUT2D eigenvalue weighted by Crippen LogP contribution is -2.43. The van der Waals surface area contributed by atoms with E-state index in [4.69, 9.17) is 16.3 Å². The number of benzene rings is 2. The summed E-state index contributed by atoms with van der Waals surface area (Å²) in [5.41, 5.74) is 3.57. The Morgan fingerprint density at radius 1 is 1.21 bits per heavy atom. The van der Waals surface area contributed by atoms with E-state index in [0.717, 1.165) is 29.7 Å². The van der Waals surface area contributed by atoms with Gasteiger partial charge < -0.3 is 14.6 Å². The van der Waals surface area contributed by atoms with Crippen LogP contribution in [0.3, 0.4) is 0 Å². The second-order valence-corrected chi connectivity index (χ2v) is 7.42. The molecule has 0 radical (unpaired) electrons. The molecule has 1 saturated heterocycles. The minimum atomic E-state index is -0.0974. The highest BCUT2D eigenvalue weighted by molar-refractivity contribution is 6.30. The molecule has 146 valence electrons. The van der Waals surface area contributed by atoms with Crippen molar-refractivity contribution in [2.45, 2.75) is 6.04 Å². The lowest BCUT2D eigenvalue weighted by atomic mass is 10.0. The molecule has 28 heavy (non-hydrogen) atoms. The van der Waals surface area contributed by atoms with E-state index < -0.39 is 0 Å². The number of hydrogen-bond acceptors (Lipinski definition) is 4. The van der Waals surface area contributed by atoms with Gasteiger partial charge in [0, 0.05) is 37.3 Å². The summed E-state index contributed by atoms with van der Waals surface area (Å²) in [6.45, 7) is 3.59. The maximum absolute atomic E-state index is 12.8. The van der Waals surface area contributed by atoms with Crippen LogP contribution in [-0.2, 0) is 11.8 Å². The molecule has 6 nitrogen and oxygen atoms in total. The van der Waals surface area contributed by atoms with Crippen LogP contribution in [-0.4, -0.2) is 53.2 Å². The predicted octanol–water partition coefficient (Wildman–Crippen LogP) is 3.03. The van der Waals surface area contributed by atoms with Crippen molar-refractivity contribution in [3.05, 3.63) is 64.9 Å². The predicted molar refractivity (Wildman–Crippen MR) is 110 cm³/mol. The molecule has 2 heterocycles. The molecular weight excluding hydrogens is 376 g/mol. The van der Waals surface area contributed by atoms with Crippen LogP contribution >= 0.6 is 11.6 Å². The molecule has 1 aliphatic heterocycles. The van der Waals surface area contributed by atoms with Gasteiger partial charge in [0.05, 0.1) is 36.6 Å². The maximum Gasteiger partial charge on any atom is 0.251 e. The first-order chi connectivity index (χ1) is 13.6. The van der Waals surface area contributed by atoms with Gasteiger partial charge in [-0.15, -0.1) is 0 Å². The van der Waals surface area contributed by atoms with Crippen LogP contribution in [0.4, 0.5) is 0 Å². The highest BCUT2D eigenvalue weighted by Gasteiger charge is 2.23. The minimum Gasteiger partial charge on any atom is -0.379 e. The largest absolute Gasteiger partial charge is 0.379 e. The van der Waals surface area contributed by atoms with Gasteiger partial charge in [-0.3, -0.25) is 9.69 Å². The number of rotatable bonds is 5. The smallest absolute Gasteiger partial charge is 0.251 e. The van der Waals surface area contributed by atoms with E-state index in [1.807, 2.05) is 54.1 Å². The van der Waals surface area contributed by atoms with E-state index in [0.29, 0.717) is 30.3 Å². The Balaban J connectivity index is 1.50. The number of aromatic nitrogens is 2. The lowest BCUT2D eigenvalue weighted by molar-refractivity contribution is 0.0162. The zero-order valence-corrected chi connectivity index (χ0v) is 16.5. The molecule has 3 aromatic rings. The number of carbonyl (C=O) groups excluding carboxylic acids is 1. The van der Waals surface area contributed by atoms with E-state index >= 15 is 0 Å². The summed E-state index contributed by atoms with van der Waals surface area (Å²) >= 11 is 6.05. The average Bonchev–Trinajstić information content (AvgIpc) is 3.10. The number of morpholine rings is 1. The molecule has 1 amide bonds. The third-order valence-corrected chi connectivity index (χ3v) is 5.44. The Morgan fingerprint density at radius 2 is 1.96 bits per heavy atom. The molecule has 2 aromatic carbocycles. The van der Waals surface area contributed by atoms with Crippen LogP contribution in [0.25, 0.3) is 11.0 Å². The summed E-state index contributed by atoms with van der Waals surface area (Å²) in [5.74, 6) is -0.0974. The van der Waals surface area contributed by atoms with Gasteiger partial charge >= 0.3 is 0 Å². The van der Waals surface area contributed by atoms with Crippen LogP contribution in [0, 0.1) is 0 Å². The van der Waals surface area contributed by atoms with E-state index in [1.165, 1.54) is 0 Å². The molecule has 0 bridgehead atoms. The monoisotopic (exact) mass is 398 g/mol. The molecule has 4 rings (SSSR count). The number of nitrogens with zero attached hydrogens (tertiary/aromatic N) is 3. The van der Waals surface area contributed by atoms with Crippen molar-refractivity contribution in [2.75, 3.05) is 32.8 Å². The van der Waals surface area contributed by atoms with E-state index in [-0.39, 0.29) is 11.9 Å². The quantitative estimate of drug-likeness (QED) is 0.717. The van der Waals surface area contributed by atoms with Gasteiger partial charge in [-0.1, -0.05) is 23.7 Å². The zero-order chi connectivity index (χ0) is 19.5. The molecule has 1 aliphatic rings. The number of imidazole rings is 1. The number of hydrogen-bond donors (Lipinski definition) is 1. The number of carbonyl (C=O) groups is 1. The Kier molecular flexibility index (Phi) is 5.62. The van der Waals surface area contributed by atoms with Gasteiger partial charge in [0.1, 0.15) is 0 Å². The molecular formula is C21H23ClN4O2. The van der Waals surface area contributed by atoms with Gasteiger partial charge in [-0.05, 0) is 35.9 Å². The van der Waals surface area contributed by atoms with Crippen molar-refractivity contribution in [1.82, 2.24) is 19.8 Å². The van der Waals surface area contributed by atoms with E-state index in [1.54, 1.807) is 6.33 Å². The summed E-state index contributed by atoms with van der Waals surface area (Å²) in [5, 5.41) is 3.80. The molecule has 1 aromatic heterocycles. The first-order valence-corrected chi connectivity index (χ1v) is 9.76. The first-order valence-electron chi connectivity index (χ1n) is 9.38. The molecule has 1 N–H and O–H groups in total. The van der Waals surface area contributed by atoms with Crippen molar-refractivity contribution in [3.8, 4) is 0 Å². The summed E-state index contributed by atoms with van der Waals surface area (Å²) in [7, 11) is 1.94. The Labute approximate surface area is 169 Å². The highest BCUT2D eigenvalue weighted by atomic mass is 35.5. The Hall–Kier alpha value is -2.41. The molecule has 1 fully saturated rings. The zero-order valence-electron chi connectivity index (χ0n) is 15.8. The third kappa shape index (κ3) is 4.04. The summed E-state index contributed by atoms with van der Waals surface area (Å²) in [6, 6.07) is 13.5. The molecule has 0 aliphatic carbocycles. The number of ether oxygens (including phenoxy) is 1. The van der Waals surface area contributed by atoms with Crippen molar-refractivity contribution < 1.29 is 9.53 Å². The number of aryl methyl sites for hydroxylation is 1. The number of nitrogens with one attached hydrogen (secondary N) is 1. The molecule has 7 heteroatoms. The van der Waals surface area contributed by atoms with Crippen LogP contribution in [0.15, 0.2) is 48.8 Å². The fourth-order valence-corrected chi connectivity index (χ4v) is 3.73. The normalized spacial score (nSPS) is 16.2.